The number of hydrogen-bond donors (Lipinski definition) is 0. The molecule has 192 valence electrons. The summed E-state index contributed by atoms with van der Waals surface area (Å²) in [6.07, 6.45) is 0. The number of rotatable bonds is 4. The lowest BCUT2D eigenvalue weighted by molar-refractivity contribution is 0.670. The molecule has 0 aliphatic rings. The first kappa shape index (κ1) is 23.3. The van der Waals surface area contributed by atoms with Gasteiger partial charge in [-0.1, -0.05) is 115 Å². The number of para-hydroxylation sites is 2. The van der Waals surface area contributed by atoms with Crippen molar-refractivity contribution in [2.24, 2.45) is 0 Å². The summed E-state index contributed by atoms with van der Waals surface area (Å²) in [4.78, 5) is 15.3. The smallest absolute Gasteiger partial charge is 0.162 e. The van der Waals surface area contributed by atoms with Crippen molar-refractivity contribution in [1.82, 2.24) is 15.0 Å². The van der Waals surface area contributed by atoms with Crippen LogP contribution in [0.4, 0.5) is 0 Å². The van der Waals surface area contributed by atoms with Gasteiger partial charge in [0.2, 0.25) is 0 Å². The molecule has 0 spiro atoms. The Morgan fingerprint density at radius 3 is 1.73 bits per heavy atom. The van der Waals surface area contributed by atoms with E-state index in [1.807, 2.05) is 72.8 Å². The predicted octanol–water partition coefficient (Wildman–Crippen LogP) is 9.59. The maximum atomic E-state index is 6.52. The SMILES string of the molecule is c1ccc(-c2cc(-c3ccccc3)nc(-c3ccccc3-c3c4ccccc4nc4c3oc3ccccc34)n2)cc1. The summed E-state index contributed by atoms with van der Waals surface area (Å²) in [6.45, 7) is 0. The standard InChI is InChI=1S/C37H23N3O/c1-3-13-24(14-4-1)31-23-32(25-15-5-2-6-16-25)40-37(39-31)27-18-8-7-17-26(27)34-28-19-9-11-21-30(28)38-35-29-20-10-12-22-33(29)41-36(34)35/h1-23H. The van der Waals surface area contributed by atoms with E-state index in [0.717, 1.165) is 72.2 Å². The van der Waals surface area contributed by atoms with Crippen molar-refractivity contribution in [2.75, 3.05) is 0 Å². The second-order valence-electron chi connectivity index (χ2n) is 10.0. The first-order chi connectivity index (χ1) is 20.3. The lowest BCUT2D eigenvalue weighted by Gasteiger charge is -2.14. The third kappa shape index (κ3) is 3.97. The van der Waals surface area contributed by atoms with Gasteiger partial charge < -0.3 is 4.42 Å². The monoisotopic (exact) mass is 525 g/mol. The van der Waals surface area contributed by atoms with Crippen LogP contribution in [0.1, 0.15) is 0 Å². The molecule has 0 aliphatic carbocycles. The molecule has 4 nitrogen and oxygen atoms in total. The van der Waals surface area contributed by atoms with E-state index < -0.39 is 0 Å². The Labute approximate surface area is 236 Å². The largest absolute Gasteiger partial charge is 0.454 e. The molecule has 0 saturated heterocycles. The highest BCUT2D eigenvalue weighted by molar-refractivity contribution is 6.16. The average Bonchev–Trinajstić information content (AvgIpc) is 3.42. The van der Waals surface area contributed by atoms with Crippen LogP contribution in [0.3, 0.4) is 0 Å². The lowest BCUT2D eigenvalue weighted by atomic mass is 9.94. The van der Waals surface area contributed by atoms with Crippen LogP contribution in [-0.2, 0) is 0 Å². The highest BCUT2D eigenvalue weighted by Crippen LogP contribution is 2.42. The van der Waals surface area contributed by atoms with Gasteiger partial charge >= 0.3 is 0 Å². The Morgan fingerprint density at radius 2 is 1.02 bits per heavy atom. The van der Waals surface area contributed by atoms with Crippen molar-refractivity contribution < 1.29 is 4.42 Å². The zero-order chi connectivity index (χ0) is 27.2. The number of pyridine rings is 1. The van der Waals surface area contributed by atoms with Gasteiger partial charge in [0.25, 0.3) is 0 Å². The zero-order valence-electron chi connectivity index (χ0n) is 22.0. The van der Waals surface area contributed by atoms with Crippen molar-refractivity contribution in [3.05, 3.63) is 140 Å². The molecule has 3 aromatic heterocycles. The minimum Gasteiger partial charge on any atom is -0.454 e. The van der Waals surface area contributed by atoms with Crippen LogP contribution in [0, 0.1) is 0 Å². The van der Waals surface area contributed by atoms with Crippen LogP contribution in [0.5, 0.6) is 0 Å². The van der Waals surface area contributed by atoms with E-state index in [4.69, 9.17) is 19.4 Å². The third-order valence-corrected chi connectivity index (χ3v) is 7.50. The van der Waals surface area contributed by atoms with Gasteiger partial charge in [-0.15, -0.1) is 0 Å². The summed E-state index contributed by atoms with van der Waals surface area (Å²) in [5.41, 5.74) is 10.1. The quantitative estimate of drug-likeness (QED) is 0.230. The molecule has 0 atom stereocenters. The second-order valence-corrected chi connectivity index (χ2v) is 10.0. The number of furan rings is 1. The van der Waals surface area contributed by atoms with Crippen molar-refractivity contribution in [3.8, 4) is 45.0 Å². The molecule has 0 fully saturated rings. The van der Waals surface area contributed by atoms with Crippen LogP contribution in [0.25, 0.3) is 78.0 Å². The molecule has 0 aliphatic heterocycles. The van der Waals surface area contributed by atoms with E-state index >= 15 is 0 Å². The van der Waals surface area contributed by atoms with Gasteiger partial charge in [0.15, 0.2) is 11.4 Å². The number of fused-ring (bicyclic) bond motifs is 4. The molecule has 5 aromatic carbocycles. The maximum Gasteiger partial charge on any atom is 0.162 e. The van der Waals surface area contributed by atoms with Gasteiger partial charge in [0.1, 0.15) is 11.1 Å². The van der Waals surface area contributed by atoms with Crippen molar-refractivity contribution in [3.63, 3.8) is 0 Å². The van der Waals surface area contributed by atoms with E-state index in [9.17, 15) is 0 Å². The molecule has 4 heteroatoms. The summed E-state index contributed by atoms with van der Waals surface area (Å²) >= 11 is 0. The molecular weight excluding hydrogens is 502 g/mol. The van der Waals surface area contributed by atoms with Gasteiger partial charge in [-0.25, -0.2) is 15.0 Å². The normalized spacial score (nSPS) is 11.4. The van der Waals surface area contributed by atoms with Crippen LogP contribution in [-0.4, -0.2) is 15.0 Å². The second kappa shape index (κ2) is 9.54. The minimum atomic E-state index is 0.658. The Hall–Kier alpha value is -5.61. The fraction of sp³-hybridized carbons (Fsp3) is 0. The van der Waals surface area contributed by atoms with Crippen molar-refractivity contribution in [1.29, 1.82) is 0 Å². The fourth-order valence-electron chi connectivity index (χ4n) is 5.58. The first-order valence-corrected chi connectivity index (χ1v) is 13.6. The van der Waals surface area contributed by atoms with Gasteiger partial charge in [0.05, 0.1) is 16.9 Å². The molecule has 8 rings (SSSR count). The summed E-state index contributed by atoms with van der Waals surface area (Å²) in [5.74, 6) is 0.658. The number of nitrogens with zero attached hydrogens (tertiary/aromatic N) is 3. The topological polar surface area (TPSA) is 51.8 Å². The number of benzene rings is 5. The summed E-state index contributed by atoms with van der Waals surface area (Å²) in [6, 6.07) is 47.2. The molecule has 8 aromatic rings. The summed E-state index contributed by atoms with van der Waals surface area (Å²) in [7, 11) is 0. The fourth-order valence-corrected chi connectivity index (χ4v) is 5.58. The van der Waals surface area contributed by atoms with Crippen LogP contribution in [0.15, 0.2) is 144 Å². The molecule has 0 N–H and O–H groups in total. The molecule has 0 radical (unpaired) electrons. The van der Waals surface area contributed by atoms with E-state index in [1.54, 1.807) is 0 Å². The maximum absolute atomic E-state index is 6.52. The van der Waals surface area contributed by atoms with E-state index in [-0.39, 0.29) is 0 Å². The van der Waals surface area contributed by atoms with Gasteiger partial charge in [-0.3, -0.25) is 0 Å². The Morgan fingerprint density at radius 1 is 0.463 bits per heavy atom. The van der Waals surface area contributed by atoms with Gasteiger partial charge in [0, 0.05) is 33.0 Å². The summed E-state index contributed by atoms with van der Waals surface area (Å²) < 4.78 is 6.52. The molecule has 0 saturated carbocycles. The third-order valence-electron chi connectivity index (χ3n) is 7.50. The molecule has 0 amide bonds. The Balaban J connectivity index is 1.44. The molecule has 0 bridgehead atoms. The molecule has 3 heterocycles. The molecular formula is C37H23N3O. The van der Waals surface area contributed by atoms with Crippen LogP contribution < -0.4 is 0 Å². The summed E-state index contributed by atoms with van der Waals surface area (Å²) in [5, 5.41) is 2.02. The first-order valence-electron chi connectivity index (χ1n) is 13.6. The highest BCUT2D eigenvalue weighted by atomic mass is 16.3. The lowest BCUT2D eigenvalue weighted by Crippen LogP contribution is -1.98. The minimum absolute atomic E-state index is 0.658. The molecule has 0 unspecified atom stereocenters. The van der Waals surface area contributed by atoms with E-state index in [2.05, 4.69) is 66.7 Å². The predicted molar refractivity (Wildman–Crippen MR) is 166 cm³/mol. The van der Waals surface area contributed by atoms with Crippen molar-refractivity contribution >= 4 is 33.0 Å². The van der Waals surface area contributed by atoms with Crippen molar-refractivity contribution in [2.45, 2.75) is 0 Å². The van der Waals surface area contributed by atoms with Crippen LogP contribution in [0.2, 0.25) is 0 Å². The Kier molecular flexibility index (Phi) is 5.42. The Bertz CT molecular complexity index is 2140. The zero-order valence-corrected chi connectivity index (χ0v) is 22.0. The highest BCUT2D eigenvalue weighted by Gasteiger charge is 2.21. The average molecular weight is 526 g/mol. The number of hydrogen-bond acceptors (Lipinski definition) is 4. The number of aromatic nitrogens is 3. The van der Waals surface area contributed by atoms with E-state index in [0.29, 0.717) is 5.82 Å². The van der Waals surface area contributed by atoms with Gasteiger partial charge in [-0.05, 0) is 29.8 Å². The van der Waals surface area contributed by atoms with E-state index in [1.165, 1.54) is 0 Å². The van der Waals surface area contributed by atoms with Gasteiger partial charge in [-0.2, -0.15) is 0 Å². The van der Waals surface area contributed by atoms with Crippen LogP contribution >= 0.6 is 0 Å². The molecule has 41 heavy (non-hydrogen) atoms.